The molecule has 2 rings (SSSR count). The van der Waals surface area contributed by atoms with E-state index in [4.69, 9.17) is 27.9 Å². The van der Waals surface area contributed by atoms with Crippen LogP contribution >= 0.6 is 23.2 Å². The molecule has 0 aliphatic carbocycles. The van der Waals surface area contributed by atoms with Crippen LogP contribution in [0.15, 0.2) is 36.4 Å². The highest BCUT2D eigenvalue weighted by molar-refractivity contribution is 6.42. The maximum atomic E-state index is 13.1. The first kappa shape index (κ1) is 24.0. The maximum Gasteiger partial charge on any atom is 0.261 e. The third-order valence-electron chi connectivity index (χ3n) is 4.77. The summed E-state index contributed by atoms with van der Waals surface area (Å²) in [6.07, 6.45) is 0.475. The highest BCUT2D eigenvalue weighted by Gasteiger charge is 2.28. The minimum absolute atomic E-state index is 0.165. The molecule has 0 aliphatic rings. The average Bonchev–Trinajstić information content (AvgIpc) is 2.71. The molecule has 30 heavy (non-hydrogen) atoms. The van der Waals surface area contributed by atoms with E-state index < -0.39 is 6.04 Å². The second-order valence-electron chi connectivity index (χ2n) is 7.15. The number of ether oxygens (including phenoxy) is 1. The highest BCUT2D eigenvalue weighted by Crippen LogP contribution is 2.24. The predicted molar refractivity (Wildman–Crippen MR) is 121 cm³/mol. The lowest BCUT2D eigenvalue weighted by Crippen LogP contribution is -2.50. The van der Waals surface area contributed by atoms with Crippen LogP contribution < -0.4 is 10.1 Å². The fraction of sp³-hybridized carbons (Fsp3) is 0.391. The molecule has 0 spiro atoms. The Kier molecular flexibility index (Phi) is 9.00. The lowest BCUT2D eigenvalue weighted by molar-refractivity contribution is -0.142. The van der Waals surface area contributed by atoms with Crippen molar-refractivity contribution in [2.75, 3.05) is 13.2 Å². The van der Waals surface area contributed by atoms with Crippen molar-refractivity contribution in [2.45, 2.75) is 46.7 Å². The van der Waals surface area contributed by atoms with Crippen LogP contribution in [-0.4, -0.2) is 35.9 Å². The number of aryl methyl sites for hydroxylation is 2. The molecule has 0 aromatic heterocycles. The maximum absolute atomic E-state index is 13.1. The molecular weight excluding hydrogens is 423 g/mol. The van der Waals surface area contributed by atoms with Crippen LogP contribution in [0.2, 0.25) is 10.0 Å². The monoisotopic (exact) mass is 450 g/mol. The molecule has 7 heteroatoms. The van der Waals surface area contributed by atoms with E-state index in [1.807, 2.05) is 45.9 Å². The summed E-state index contributed by atoms with van der Waals surface area (Å²) in [5, 5.41) is 3.65. The molecule has 162 valence electrons. The van der Waals surface area contributed by atoms with Crippen LogP contribution in [0.25, 0.3) is 0 Å². The first-order valence-electron chi connectivity index (χ1n) is 9.97. The van der Waals surface area contributed by atoms with Crippen molar-refractivity contribution >= 4 is 35.0 Å². The second kappa shape index (κ2) is 11.2. The number of hydrogen-bond donors (Lipinski definition) is 1. The van der Waals surface area contributed by atoms with Crippen molar-refractivity contribution in [1.82, 2.24) is 10.2 Å². The number of carbonyl (C=O) groups is 2. The Hall–Kier alpha value is -2.24. The Bertz CT molecular complexity index is 902. The largest absolute Gasteiger partial charge is 0.483 e. The van der Waals surface area contributed by atoms with Crippen molar-refractivity contribution in [3.63, 3.8) is 0 Å². The number of rotatable bonds is 9. The molecule has 1 atom stereocenters. The van der Waals surface area contributed by atoms with Crippen molar-refractivity contribution in [2.24, 2.45) is 0 Å². The molecule has 0 radical (unpaired) electrons. The molecule has 0 aliphatic heterocycles. The topological polar surface area (TPSA) is 58.6 Å². The third-order valence-corrected chi connectivity index (χ3v) is 5.51. The molecule has 0 saturated carbocycles. The van der Waals surface area contributed by atoms with Crippen LogP contribution in [0.3, 0.4) is 0 Å². The lowest BCUT2D eigenvalue weighted by atomic mass is 10.1. The van der Waals surface area contributed by atoms with Crippen LogP contribution in [0, 0.1) is 13.8 Å². The summed E-state index contributed by atoms with van der Waals surface area (Å²) in [6, 6.07) is 10.4. The molecule has 2 aromatic carbocycles. The van der Waals surface area contributed by atoms with Crippen LogP contribution in [0.5, 0.6) is 5.75 Å². The van der Waals surface area contributed by atoms with E-state index in [0.29, 0.717) is 28.8 Å². The van der Waals surface area contributed by atoms with Crippen molar-refractivity contribution in [3.8, 4) is 5.75 Å². The standard InChI is InChI=1S/C23H28Cl2N2O3/c1-5-20(23(29)26-6-2)27(13-17-9-10-18(24)19(25)12-17)22(28)14-30-21-11-15(3)7-8-16(21)4/h7-12,20H,5-6,13-14H2,1-4H3,(H,26,29). The van der Waals surface area contributed by atoms with Crippen molar-refractivity contribution in [1.29, 1.82) is 0 Å². The normalized spacial score (nSPS) is 11.7. The zero-order valence-corrected chi connectivity index (χ0v) is 19.3. The molecule has 0 heterocycles. The number of likely N-dealkylation sites (N-methyl/N-ethyl adjacent to an activating group) is 1. The van der Waals surface area contributed by atoms with E-state index in [2.05, 4.69) is 5.32 Å². The summed E-state index contributed by atoms with van der Waals surface area (Å²) in [5.74, 6) is 0.184. The van der Waals surface area contributed by atoms with E-state index in [0.717, 1.165) is 16.7 Å². The van der Waals surface area contributed by atoms with Gasteiger partial charge in [0.15, 0.2) is 6.61 Å². The predicted octanol–water partition coefficient (Wildman–Crippen LogP) is 4.93. The van der Waals surface area contributed by atoms with Gasteiger partial charge in [-0.25, -0.2) is 0 Å². The molecule has 0 fully saturated rings. The minimum Gasteiger partial charge on any atom is -0.483 e. The number of amides is 2. The summed E-state index contributed by atoms with van der Waals surface area (Å²) in [7, 11) is 0. The van der Waals surface area contributed by atoms with Crippen LogP contribution in [0.4, 0.5) is 0 Å². The molecule has 0 bridgehead atoms. The van der Waals surface area contributed by atoms with E-state index >= 15 is 0 Å². The smallest absolute Gasteiger partial charge is 0.261 e. The quantitative estimate of drug-likeness (QED) is 0.588. The molecule has 5 nitrogen and oxygen atoms in total. The van der Waals surface area contributed by atoms with Crippen LogP contribution in [-0.2, 0) is 16.1 Å². The zero-order valence-electron chi connectivity index (χ0n) is 17.8. The number of benzene rings is 2. The van der Waals surface area contributed by atoms with Gasteiger partial charge < -0.3 is 15.0 Å². The zero-order chi connectivity index (χ0) is 22.3. The number of halogens is 2. The van der Waals surface area contributed by atoms with Gasteiger partial charge in [-0.2, -0.15) is 0 Å². The van der Waals surface area contributed by atoms with Gasteiger partial charge in [-0.05, 0) is 62.1 Å². The Morgan fingerprint density at radius 2 is 1.80 bits per heavy atom. The summed E-state index contributed by atoms with van der Waals surface area (Å²) >= 11 is 12.1. The number of carbonyl (C=O) groups excluding carboxylic acids is 2. The molecule has 2 amide bonds. The Labute approximate surface area is 188 Å². The van der Waals surface area contributed by atoms with Gasteiger partial charge in [0.05, 0.1) is 10.0 Å². The van der Waals surface area contributed by atoms with Gasteiger partial charge in [-0.1, -0.05) is 48.3 Å². The van der Waals surface area contributed by atoms with Crippen molar-refractivity contribution < 1.29 is 14.3 Å². The summed E-state index contributed by atoms with van der Waals surface area (Å²) in [5.41, 5.74) is 2.77. The van der Waals surface area contributed by atoms with E-state index in [-0.39, 0.29) is 25.0 Å². The van der Waals surface area contributed by atoms with Gasteiger partial charge >= 0.3 is 0 Å². The highest BCUT2D eigenvalue weighted by atomic mass is 35.5. The second-order valence-corrected chi connectivity index (χ2v) is 7.96. The van der Waals surface area contributed by atoms with Gasteiger partial charge in [0, 0.05) is 13.1 Å². The first-order valence-corrected chi connectivity index (χ1v) is 10.7. The molecule has 1 unspecified atom stereocenters. The summed E-state index contributed by atoms with van der Waals surface area (Å²) in [4.78, 5) is 27.3. The minimum atomic E-state index is -0.617. The summed E-state index contributed by atoms with van der Waals surface area (Å²) in [6.45, 7) is 8.16. The van der Waals surface area contributed by atoms with E-state index in [1.165, 1.54) is 4.90 Å². The molecule has 0 saturated heterocycles. The Morgan fingerprint density at radius 1 is 1.07 bits per heavy atom. The lowest BCUT2D eigenvalue weighted by Gasteiger charge is -2.30. The Morgan fingerprint density at radius 3 is 2.43 bits per heavy atom. The summed E-state index contributed by atoms with van der Waals surface area (Å²) < 4.78 is 5.81. The fourth-order valence-electron chi connectivity index (χ4n) is 3.13. The van der Waals surface area contributed by atoms with E-state index in [1.54, 1.807) is 18.2 Å². The van der Waals surface area contributed by atoms with Gasteiger partial charge in [-0.15, -0.1) is 0 Å². The van der Waals surface area contributed by atoms with Gasteiger partial charge in [0.1, 0.15) is 11.8 Å². The van der Waals surface area contributed by atoms with Gasteiger partial charge in [-0.3, -0.25) is 9.59 Å². The number of nitrogens with one attached hydrogen (secondary N) is 1. The average molecular weight is 451 g/mol. The van der Waals surface area contributed by atoms with E-state index in [9.17, 15) is 9.59 Å². The number of nitrogens with zero attached hydrogens (tertiary/aromatic N) is 1. The van der Waals surface area contributed by atoms with Gasteiger partial charge in [0.25, 0.3) is 5.91 Å². The number of hydrogen-bond acceptors (Lipinski definition) is 3. The molecular formula is C23H28Cl2N2O3. The van der Waals surface area contributed by atoms with Gasteiger partial charge in [0.2, 0.25) is 5.91 Å². The SMILES string of the molecule is CCNC(=O)C(CC)N(Cc1ccc(Cl)c(Cl)c1)C(=O)COc1cc(C)ccc1C. The first-order chi connectivity index (χ1) is 14.3. The molecule has 2 aromatic rings. The third kappa shape index (κ3) is 6.38. The fourth-order valence-corrected chi connectivity index (χ4v) is 3.45. The molecule has 1 N–H and O–H groups in total. The Balaban J connectivity index is 2.25. The van der Waals surface area contributed by atoms with Crippen molar-refractivity contribution in [3.05, 3.63) is 63.1 Å². The van der Waals surface area contributed by atoms with Crippen LogP contribution in [0.1, 0.15) is 37.0 Å².